The number of carbonyl (C=O) groups excluding carboxylic acids is 1. The maximum Gasteiger partial charge on any atom is 0.244 e. The molecule has 0 heterocycles. The molecule has 0 fully saturated rings. The molecule has 0 saturated heterocycles. The van der Waals surface area contributed by atoms with Crippen molar-refractivity contribution in [2.24, 2.45) is 0 Å². The Labute approximate surface area is 148 Å². The van der Waals surface area contributed by atoms with Crippen LogP contribution in [0.4, 0.5) is 0 Å². The van der Waals surface area contributed by atoms with Crippen molar-refractivity contribution in [3.8, 4) is 17.2 Å². The average molecular weight is 341 g/mol. The van der Waals surface area contributed by atoms with E-state index in [0.29, 0.717) is 19.8 Å². The summed E-state index contributed by atoms with van der Waals surface area (Å²) in [5.41, 5.74) is 0.853. The molecule has 0 aliphatic carbocycles. The molecule has 0 bridgehead atoms. The number of amides is 1. The molecule has 1 amide bonds. The van der Waals surface area contributed by atoms with Gasteiger partial charge in [0.25, 0.3) is 0 Å². The van der Waals surface area contributed by atoms with Crippen LogP contribution in [0.2, 0.25) is 0 Å². The zero-order chi connectivity index (χ0) is 17.9. The minimum atomic E-state index is -0.179. The summed E-state index contributed by atoms with van der Waals surface area (Å²) in [6.07, 6.45) is 3.20. The van der Waals surface area contributed by atoms with Crippen molar-refractivity contribution in [3.05, 3.63) is 60.2 Å². The van der Waals surface area contributed by atoms with Crippen LogP contribution in [-0.4, -0.2) is 32.8 Å². The van der Waals surface area contributed by atoms with Gasteiger partial charge in [-0.1, -0.05) is 18.2 Å². The van der Waals surface area contributed by atoms with Gasteiger partial charge in [-0.2, -0.15) is 0 Å². The summed E-state index contributed by atoms with van der Waals surface area (Å²) in [5, 5.41) is 2.78. The molecule has 5 nitrogen and oxygen atoms in total. The minimum absolute atomic E-state index is 0.179. The van der Waals surface area contributed by atoms with E-state index in [4.69, 9.17) is 14.2 Å². The van der Waals surface area contributed by atoms with Gasteiger partial charge >= 0.3 is 0 Å². The smallest absolute Gasteiger partial charge is 0.244 e. The second-order valence-electron chi connectivity index (χ2n) is 5.12. The van der Waals surface area contributed by atoms with E-state index in [9.17, 15) is 4.79 Å². The summed E-state index contributed by atoms with van der Waals surface area (Å²) in [6.45, 7) is 3.38. The van der Waals surface area contributed by atoms with Crippen molar-refractivity contribution in [2.45, 2.75) is 6.92 Å². The van der Waals surface area contributed by atoms with Crippen LogP contribution in [0.15, 0.2) is 54.6 Å². The van der Waals surface area contributed by atoms with Crippen molar-refractivity contribution < 1.29 is 19.0 Å². The zero-order valence-corrected chi connectivity index (χ0v) is 14.5. The molecule has 0 aliphatic heterocycles. The van der Waals surface area contributed by atoms with E-state index in [2.05, 4.69) is 5.32 Å². The highest BCUT2D eigenvalue weighted by Crippen LogP contribution is 2.18. The summed E-state index contributed by atoms with van der Waals surface area (Å²) in [7, 11) is 1.60. The summed E-state index contributed by atoms with van der Waals surface area (Å²) in [5.74, 6) is 2.10. The Morgan fingerprint density at radius 1 is 1.04 bits per heavy atom. The fourth-order valence-electron chi connectivity index (χ4n) is 2.17. The van der Waals surface area contributed by atoms with Gasteiger partial charge in [-0.05, 0) is 43.3 Å². The molecule has 132 valence electrons. The highest BCUT2D eigenvalue weighted by atomic mass is 16.5. The number of benzene rings is 2. The number of para-hydroxylation sites is 1. The molecule has 0 aromatic heterocycles. The Kier molecular flexibility index (Phi) is 7.38. The Bertz CT molecular complexity index is 695. The van der Waals surface area contributed by atoms with E-state index in [1.165, 1.54) is 6.08 Å². The fraction of sp³-hybridized carbons (Fsp3) is 0.250. The number of hydrogen-bond acceptors (Lipinski definition) is 4. The lowest BCUT2D eigenvalue weighted by atomic mass is 10.2. The van der Waals surface area contributed by atoms with Crippen LogP contribution in [0.3, 0.4) is 0 Å². The third-order valence-electron chi connectivity index (χ3n) is 3.36. The van der Waals surface area contributed by atoms with Crippen molar-refractivity contribution in [3.63, 3.8) is 0 Å². The summed E-state index contributed by atoms with van der Waals surface area (Å²) < 4.78 is 16.2. The van der Waals surface area contributed by atoms with Gasteiger partial charge in [0.05, 0.1) is 20.3 Å². The molecular weight excluding hydrogens is 318 g/mol. The first-order chi connectivity index (χ1) is 12.2. The first kappa shape index (κ1) is 18.4. The third kappa shape index (κ3) is 6.22. The van der Waals surface area contributed by atoms with Crippen molar-refractivity contribution in [1.82, 2.24) is 5.32 Å². The molecule has 2 rings (SSSR count). The Morgan fingerprint density at radius 2 is 1.72 bits per heavy atom. The lowest BCUT2D eigenvalue weighted by molar-refractivity contribution is -0.116. The largest absolute Gasteiger partial charge is 0.496 e. The maximum atomic E-state index is 11.8. The predicted molar refractivity (Wildman–Crippen MR) is 98.1 cm³/mol. The van der Waals surface area contributed by atoms with Gasteiger partial charge in [-0.3, -0.25) is 4.79 Å². The molecule has 1 N–H and O–H groups in total. The third-order valence-corrected chi connectivity index (χ3v) is 3.36. The van der Waals surface area contributed by atoms with Crippen LogP contribution in [-0.2, 0) is 4.79 Å². The number of hydrogen-bond donors (Lipinski definition) is 1. The Morgan fingerprint density at radius 3 is 2.40 bits per heavy atom. The molecule has 0 radical (unpaired) electrons. The molecule has 0 unspecified atom stereocenters. The summed E-state index contributed by atoms with van der Waals surface area (Å²) in [4.78, 5) is 11.8. The van der Waals surface area contributed by atoms with Crippen LogP contribution in [0, 0.1) is 0 Å². The average Bonchev–Trinajstić information content (AvgIpc) is 2.65. The Hall–Kier alpha value is -2.95. The van der Waals surface area contributed by atoms with E-state index in [-0.39, 0.29) is 5.91 Å². The van der Waals surface area contributed by atoms with E-state index >= 15 is 0 Å². The van der Waals surface area contributed by atoms with E-state index < -0.39 is 0 Å². The first-order valence-electron chi connectivity index (χ1n) is 8.17. The summed E-state index contributed by atoms with van der Waals surface area (Å²) in [6, 6.07) is 14.9. The topological polar surface area (TPSA) is 56.8 Å². The van der Waals surface area contributed by atoms with Gasteiger partial charge in [0, 0.05) is 11.6 Å². The van der Waals surface area contributed by atoms with Crippen LogP contribution in [0.5, 0.6) is 17.2 Å². The van der Waals surface area contributed by atoms with Gasteiger partial charge in [0.1, 0.15) is 23.9 Å². The van der Waals surface area contributed by atoms with Crippen molar-refractivity contribution >= 4 is 12.0 Å². The normalized spacial score (nSPS) is 10.5. The van der Waals surface area contributed by atoms with E-state index in [1.54, 1.807) is 13.2 Å². The van der Waals surface area contributed by atoms with E-state index in [0.717, 1.165) is 22.8 Å². The molecule has 2 aromatic rings. The molecule has 0 saturated carbocycles. The molecule has 25 heavy (non-hydrogen) atoms. The first-order valence-corrected chi connectivity index (χ1v) is 8.17. The number of nitrogens with one attached hydrogen (secondary N) is 1. The van der Waals surface area contributed by atoms with Gasteiger partial charge in [-0.25, -0.2) is 0 Å². The van der Waals surface area contributed by atoms with Gasteiger partial charge in [0.15, 0.2) is 0 Å². The standard InChI is InChI=1S/C20H23NO4/c1-3-24-17-9-11-18(12-10-17)25-15-14-21-20(22)13-8-16-6-4-5-7-19(16)23-2/h4-13H,3,14-15H2,1-2H3,(H,21,22)/b13-8+. The van der Waals surface area contributed by atoms with Crippen LogP contribution in [0.1, 0.15) is 12.5 Å². The molecule has 0 aliphatic rings. The quantitative estimate of drug-likeness (QED) is 0.562. The lowest BCUT2D eigenvalue weighted by Crippen LogP contribution is -2.26. The van der Waals surface area contributed by atoms with Crippen molar-refractivity contribution in [2.75, 3.05) is 26.9 Å². The monoisotopic (exact) mass is 341 g/mol. The molecular formula is C20H23NO4. The van der Waals surface area contributed by atoms with Gasteiger partial charge in [0.2, 0.25) is 5.91 Å². The zero-order valence-electron chi connectivity index (χ0n) is 14.5. The minimum Gasteiger partial charge on any atom is -0.496 e. The molecule has 5 heteroatoms. The lowest BCUT2D eigenvalue weighted by Gasteiger charge is -2.08. The maximum absolute atomic E-state index is 11.8. The number of ether oxygens (including phenoxy) is 3. The van der Waals surface area contributed by atoms with Crippen LogP contribution in [0.25, 0.3) is 6.08 Å². The van der Waals surface area contributed by atoms with Crippen LogP contribution >= 0.6 is 0 Å². The van der Waals surface area contributed by atoms with Gasteiger partial charge < -0.3 is 19.5 Å². The molecule has 2 aromatic carbocycles. The highest BCUT2D eigenvalue weighted by Gasteiger charge is 2.00. The molecule has 0 spiro atoms. The number of rotatable bonds is 9. The Balaban J connectivity index is 1.72. The SMILES string of the molecule is CCOc1ccc(OCCNC(=O)/C=C/c2ccccc2OC)cc1. The van der Waals surface area contributed by atoms with E-state index in [1.807, 2.05) is 55.5 Å². The number of methoxy groups -OCH3 is 1. The second-order valence-corrected chi connectivity index (χ2v) is 5.12. The predicted octanol–water partition coefficient (Wildman–Crippen LogP) is 3.30. The van der Waals surface area contributed by atoms with Crippen molar-refractivity contribution in [1.29, 1.82) is 0 Å². The summed E-state index contributed by atoms with van der Waals surface area (Å²) >= 11 is 0. The number of carbonyl (C=O) groups is 1. The molecule has 0 atom stereocenters. The second kappa shape index (κ2) is 10.0. The highest BCUT2D eigenvalue weighted by molar-refractivity contribution is 5.92. The van der Waals surface area contributed by atoms with Crippen LogP contribution < -0.4 is 19.5 Å². The van der Waals surface area contributed by atoms with Gasteiger partial charge in [-0.15, -0.1) is 0 Å². The fourth-order valence-corrected chi connectivity index (χ4v) is 2.17.